The van der Waals surface area contributed by atoms with Crippen LogP contribution in [0.5, 0.6) is 0 Å². The zero-order valence-electron chi connectivity index (χ0n) is 7.05. The van der Waals surface area contributed by atoms with Crippen LogP contribution in [0.15, 0.2) is 0 Å². The molecule has 0 amide bonds. The van der Waals surface area contributed by atoms with Crippen LogP contribution in [0.25, 0.3) is 0 Å². The third-order valence-electron chi connectivity index (χ3n) is 0.349. The van der Waals surface area contributed by atoms with Gasteiger partial charge in [0, 0.05) is 43.4 Å². The fourth-order valence-electron chi connectivity index (χ4n) is 0. The fraction of sp³-hybridized carbons (Fsp3) is 0. The first-order valence-corrected chi connectivity index (χ1v) is 2.17. The fourth-order valence-corrected chi connectivity index (χ4v) is 0. The largest absolute Gasteiger partial charge is 2.00 e. The van der Waals surface area contributed by atoms with Gasteiger partial charge < -0.3 is 30.0 Å². The number of aliphatic carboxylic acids is 4. The molecule has 0 heterocycles. The third-order valence-corrected chi connectivity index (χ3v) is 0.349. The van der Waals surface area contributed by atoms with Crippen molar-refractivity contribution in [2.45, 2.75) is 0 Å². The molecule has 11 heteroatoms. The Morgan fingerprint density at radius 1 is 0.733 bits per heavy atom. The van der Waals surface area contributed by atoms with Gasteiger partial charge >= 0.3 is 60.8 Å². The molecule has 0 aromatic heterocycles. The molecular formula is C4H2BaO8Ti2. The van der Waals surface area contributed by atoms with Crippen molar-refractivity contribution < 1.29 is 83.0 Å². The first-order chi connectivity index (χ1) is 5.29. The molecule has 0 unspecified atom stereocenters. The van der Waals surface area contributed by atoms with Gasteiger partial charge in [-0.15, -0.1) is 0 Å². The van der Waals surface area contributed by atoms with Gasteiger partial charge in [0.25, 0.3) is 0 Å². The first kappa shape index (κ1) is 29.7. The Morgan fingerprint density at radius 3 is 0.800 bits per heavy atom. The van der Waals surface area contributed by atoms with E-state index in [-0.39, 0.29) is 92.3 Å². The van der Waals surface area contributed by atoms with Crippen LogP contribution in [0.4, 0.5) is 0 Å². The minimum Gasteiger partial charge on any atom is -0.539 e. The van der Waals surface area contributed by atoms with Crippen molar-refractivity contribution in [2.75, 3.05) is 0 Å². The van der Waals surface area contributed by atoms with Crippen molar-refractivity contribution >= 4 is 72.8 Å². The predicted molar refractivity (Wildman–Crippen MR) is 31.0 cm³/mol. The Balaban J connectivity index is -0.0000000370. The van der Waals surface area contributed by atoms with Crippen LogP contribution in [-0.4, -0.2) is 83.0 Å². The normalized spacial score (nSPS) is 5.87. The molecule has 0 rings (SSSR count). The molecule has 76 valence electrons. The minimum atomic E-state index is -2.07. The maximum absolute atomic E-state index is 9.04. The molecule has 0 bridgehead atoms. The second-order valence-corrected chi connectivity index (χ2v) is 1.19. The summed E-state index contributed by atoms with van der Waals surface area (Å²) in [6, 6.07) is 0. The zero-order valence-corrected chi connectivity index (χ0v) is 14.6. The Morgan fingerprint density at radius 2 is 0.800 bits per heavy atom. The number of rotatable bonds is 0. The average Bonchev–Trinajstić information content (AvgIpc) is 1.88. The van der Waals surface area contributed by atoms with E-state index in [0.29, 0.717) is 0 Å². The summed E-state index contributed by atoms with van der Waals surface area (Å²) < 4.78 is 0. The van der Waals surface area contributed by atoms with Crippen LogP contribution < -0.4 is 10.2 Å². The predicted octanol–water partition coefficient (Wildman–Crippen LogP) is -4.74. The van der Waals surface area contributed by atoms with Crippen molar-refractivity contribution in [3.63, 3.8) is 0 Å². The van der Waals surface area contributed by atoms with Gasteiger partial charge in [-0.05, 0) is 0 Å². The summed E-state index contributed by atoms with van der Waals surface area (Å²) in [5.41, 5.74) is 0. The first-order valence-electron chi connectivity index (χ1n) is 2.17. The maximum atomic E-state index is 9.04. The van der Waals surface area contributed by atoms with Gasteiger partial charge in [0.05, 0.1) is 0 Å². The van der Waals surface area contributed by atoms with Crippen molar-refractivity contribution in [3.8, 4) is 0 Å². The molecule has 0 aliphatic rings. The van der Waals surface area contributed by atoms with E-state index in [9.17, 15) is 0 Å². The summed E-state index contributed by atoms with van der Waals surface area (Å²) in [4.78, 5) is 36.1. The molecule has 15 heavy (non-hydrogen) atoms. The van der Waals surface area contributed by atoms with E-state index in [1.54, 1.807) is 0 Å². The number of carbonyl (C=O) groups is 4. The van der Waals surface area contributed by atoms with Crippen LogP contribution in [-0.2, 0) is 62.6 Å². The van der Waals surface area contributed by atoms with E-state index in [2.05, 4.69) is 0 Å². The average molecular weight is 411 g/mol. The molecule has 0 saturated heterocycles. The van der Waals surface area contributed by atoms with Gasteiger partial charge in [0.15, 0.2) is 11.9 Å². The Hall–Kier alpha value is 0.880. The molecule has 2 N–H and O–H groups in total. The molecule has 0 spiro atoms. The molecule has 0 aromatic rings. The Bertz CT molecular complexity index is 181. The Kier molecular flexibility index (Phi) is 34.2. The Labute approximate surface area is 153 Å². The van der Waals surface area contributed by atoms with Gasteiger partial charge in [0.1, 0.15) is 0 Å². The van der Waals surface area contributed by atoms with E-state index in [0.717, 1.165) is 0 Å². The van der Waals surface area contributed by atoms with Gasteiger partial charge in [-0.3, -0.25) is 0 Å². The topological polar surface area (TPSA) is 155 Å². The van der Waals surface area contributed by atoms with Crippen LogP contribution in [0.1, 0.15) is 0 Å². The van der Waals surface area contributed by atoms with Crippen molar-refractivity contribution in [1.82, 2.24) is 0 Å². The molecule has 0 atom stereocenters. The molecule has 0 fully saturated rings. The van der Waals surface area contributed by atoms with E-state index < -0.39 is 23.9 Å². The molecule has 0 aliphatic heterocycles. The second kappa shape index (κ2) is 17.3. The SMILES string of the molecule is O=C([O-])C(=O)O.O=C([O-])C(=O)O.[Ba+2].[Ti].[Ti]. The van der Waals surface area contributed by atoms with E-state index in [1.165, 1.54) is 0 Å². The van der Waals surface area contributed by atoms with E-state index in [4.69, 9.17) is 39.6 Å². The van der Waals surface area contributed by atoms with Gasteiger partial charge in [0.2, 0.25) is 0 Å². The number of carboxylic acids is 4. The molecule has 0 aliphatic carbocycles. The van der Waals surface area contributed by atoms with E-state index in [1.807, 2.05) is 0 Å². The smallest absolute Gasteiger partial charge is 0.539 e. The minimum absolute atomic E-state index is 0. The summed E-state index contributed by atoms with van der Waals surface area (Å²) in [7, 11) is 0. The van der Waals surface area contributed by atoms with Crippen LogP contribution >= 0.6 is 0 Å². The quantitative estimate of drug-likeness (QED) is 0.298. The van der Waals surface area contributed by atoms with Crippen LogP contribution in [0.3, 0.4) is 0 Å². The summed E-state index contributed by atoms with van der Waals surface area (Å²) in [5.74, 6) is -8.02. The van der Waals surface area contributed by atoms with E-state index >= 15 is 0 Å². The third kappa shape index (κ3) is 31.3. The second-order valence-electron chi connectivity index (χ2n) is 1.19. The van der Waals surface area contributed by atoms with Crippen molar-refractivity contribution in [3.05, 3.63) is 0 Å². The van der Waals surface area contributed by atoms with Crippen LogP contribution in [0, 0.1) is 0 Å². The molecule has 0 saturated carbocycles. The molecule has 0 aromatic carbocycles. The van der Waals surface area contributed by atoms with Gasteiger partial charge in [-0.25, -0.2) is 9.59 Å². The van der Waals surface area contributed by atoms with Crippen LogP contribution in [0.2, 0.25) is 0 Å². The number of carbonyl (C=O) groups excluding carboxylic acids is 2. The van der Waals surface area contributed by atoms with Gasteiger partial charge in [-0.2, -0.15) is 0 Å². The van der Waals surface area contributed by atoms with Crippen molar-refractivity contribution in [1.29, 1.82) is 0 Å². The standard InChI is InChI=1S/2C2H2O4.Ba.2Ti/c2*3-1(4)2(5)6;;;/h2*(H,3,4)(H,5,6);;;/q;;+2;;/p-2. The number of carboxylic acid groups (broad SMARTS) is 4. The summed E-state index contributed by atoms with van der Waals surface area (Å²) in [6.45, 7) is 0. The van der Waals surface area contributed by atoms with Crippen molar-refractivity contribution in [2.24, 2.45) is 0 Å². The summed E-state index contributed by atoms with van der Waals surface area (Å²) in [6.07, 6.45) is 0. The molecule has 0 radical (unpaired) electrons. The number of hydrogen-bond acceptors (Lipinski definition) is 6. The summed E-state index contributed by atoms with van der Waals surface area (Å²) in [5, 5.41) is 32.6. The number of hydrogen-bond donors (Lipinski definition) is 2. The molecule has 8 nitrogen and oxygen atoms in total. The maximum Gasteiger partial charge on any atom is 2.00 e. The summed E-state index contributed by atoms with van der Waals surface area (Å²) >= 11 is 0. The zero-order chi connectivity index (χ0) is 10.3. The molecular weight excluding hydrogens is 409 g/mol. The van der Waals surface area contributed by atoms with Gasteiger partial charge in [-0.1, -0.05) is 0 Å². The monoisotopic (exact) mass is 412 g/mol.